The molecule has 0 unspecified atom stereocenters. The van der Waals surface area contributed by atoms with Crippen molar-refractivity contribution in [1.82, 2.24) is 5.16 Å². The molecule has 0 bridgehead atoms. The number of halogens is 1. The Kier molecular flexibility index (Phi) is 3.29. The minimum Gasteiger partial charge on any atom is -0.478 e. The lowest BCUT2D eigenvalue weighted by Crippen LogP contribution is -2.12. The van der Waals surface area contributed by atoms with Crippen LogP contribution in [0.1, 0.15) is 20.8 Å². The summed E-state index contributed by atoms with van der Waals surface area (Å²) in [6.45, 7) is 0. The number of aromatic nitrogens is 1. The molecular weight excluding hydrogens is 260 g/mol. The number of nitrogens with zero attached hydrogens (tertiary/aromatic N) is 1. The van der Waals surface area contributed by atoms with Crippen LogP contribution in [0.15, 0.2) is 35.1 Å². The van der Waals surface area contributed by atoms with E-state index in [0.29, 0.717) is 5.69 Å². The van der Waals surface area contributed by atoms with Crippen molar-refractivity contribution in [3.63, 3.8) is 0 Å². The van der Waals surface area contributed by atoms with Crippen molar-refractivity contribution in [2.24, 2.45) is 0 Å². The van der Waals surface area contributed by atoms with Crippen molar-refractivity contribution < 1.29 is 19.2 Å². The molecule has 0 spiro atoms. The van der Waals surface area contributed by atoms with E-state index in [9.17, 15) is 9.59 Å². The Bertz CT molecular complexity index is 595. The highest BCUT2D eigenvalue weighted by Gasteiger charge is 2.13. The van der Waals surface area contributed by atoms with Gasteiger partial charge in [-0.3, -0.25) is 4.79 Å². The van der Waals surface area contributed by atoms with Gasteiger partial charge in [0.1, 0.15) is 6.26 Å². The second kappa shape index (κ2) is 4.89. The second-order valence-corrected chi connectivity index (χ2v) is 3.75. The van der Waals surface area contributed by atoms with Gasteiger partial charge in [0.25, 0.3) is 5.91 Å². The first-order chi connectivity index (χ1) is 8.58. The fourth-order valence-corrected chi connectivity index (χ4v) is 1.49. The summed E-state index contributed by atoms with van der Waals surface area (Å²) >= 11 is 5.71. The molecule has 0 saturated carbocycles. The van der Waals surface area contributed by atoms with E-state index in [2.05, 4.69) is 15.0 Å². The number of benzene rings is 1. The van der Waals surface area contributed by atoms with Crippen LogP contribution in [-0.2, 0) is 0 Å². The number of carboxylic acids is 1. The quantitative estimate of drug-likeness (QED) is 0.889. The lowest BCUT2D eigenvalue weighted by molar-refractivity contribution is 0.0696. The number of aromatic carboxylic acids is 1. The molecular formula is C11H7ClN2O4. The van der Waals surface area contributed by atoms with Gasteiger partial charge in [-0.1, -0.05) is 16.8 Å². The topological polar surface area (TPSA) is 92.4 Å². The van der Waals surface area contributed by atoms with Gasteiger partial charge in [0.15, 0.2) is 5.69 Å². The SMILES string of the molecule is O=C(Nc1ccc(Cl)c(C(=O)O)c1)c1ccon1. The molecule has 18 heavy (non-hydrogen) atoms. The largest absolute Gasteiger partial charge is 0.478 e. The third-order valence-corrected chi connectivity index (χ3v) is 2.45. The highest BCUT2D eigenvalue weighted by Crippen LogP contribution is 2.20. The average Bonchev–Trinajstić information content (AvgIpc) is 2.85. The molecule has 2 N–H and O–H groups in total. The van der Waals surface area contributed by atoms with Crippen LogP contribution in [0.2, 0.25) is 5.02 Å². The van der Waals surface area contributed by atoms with Crippen molar-refractivity contribution in [1.29, 1.82) is 0 Å². The first kappa shape index (κ1) is 12.1. The number of hydrogen-bond acceptors (Lipinski definition) is 4. The Morgan fingerprint density at radius 1 is 1.33 bits per heavy atom. The monoisotopic (exact) mass is 266 g/mol. The summed E-state index contributed by atoms with van der Waals surface area (Å²) in [5.74, 6) is -1.67. The number of rotatable bonds is 3. The zero-order valence-electron chi connectivity index (χ0n) is 8.88. The number of carbonyl (C=O) groups is 2. The van der Waals surface area contributed by atoms with Crippen LogP contribution in [-0.4, -0.2) is 22.1 Å². The molecule has 1 heterocycles. The minimum absolute atomic E-state index is 0.0883. The van der Waals surface area contributed by atoms with Crippen LogP contribution in [0.3, 0.4) is 0 Å². The zero-order chi connectivity index (χ0) is 13.1. The lowest BCUT2D eigenvalue weighted by Gasteiger charge is -2.05. The summed E-state index contributed by atoms with van der Waals surface area (Å²) in [6, 6.07) is 5.54. The number of carbonyl (C=O) groups excluding carboxylic acids is 1. The van der Waals surface area contributed by atoms with Gasteiger partial charge in [0.2, 0.25) is 0 Å². The first-order valence-electron chi connectivity index (χ1n) is 4.82. The molecule has 1 amide bonds. The number of nitrogens with one attached hydrogen (secondary N) is 1. The smallest absolute Gasteiger partial charge is 0.337 e. The normalized spacial score (nSPS) is 10.1. The number of anilines is 1. The van der Waals surface area contributed by atoms with Crippen molar-refractivity contribution >= 4 is 29.2 Å². The van der Waals surface area contributed by atoms with E-state index in [1.807, 2.05) is 0 Å². The third-order valence-electron chi connectivity index (χ3n) is 2.13. The molecule has 0 aliphatic rings. The van der Waals surface area contributed by atoms with E-state index < -0.39 is 11.9 Å². The summed E-state index contributed by atoms with van der Waals surface area (Å²) < 4.78 is 4.53. The summed E-state index contributed by atoms with van der Waals surface area (Å²) in [6.07, 6.45) is 1.26. The standard InChI is InChI=1S/C11H7ClN2O4/c12-8-2-1-6(5-7(8)11(16)17)13-10(15)9-3-4-18-14-9/h1-5H,(H,13,15)(H,16,17). The average molecular weight is 267 g/mol. The first-order valence-corrected chi connectivity index (χ1v) is 5.20. The van der Waals surface area contributed by atoms with E-state index in [1.54, 1.807) is 0 Å². The molecule has 0 saturated heterocycles. The van der Waals surface area contributed by atoms with Crippen molar-refractivity contribution in [3.8, 4) is 0 Å². The number of hydrogen-bond donors (Lipinski definition) is 2. The summed E-state index contributed by atoms with van der Waals surface area (Å²) in [7, 11) is 0. The van der Waals surface area contributed by atoms with Gasteiger partial charge in [0, 0.05) is 11.8 Å². The molecule has 7 heteroatoms. The molecule has 0 fully saturated rings. The number of amides is 1. The summed E-state index contributed by atoms with van der Waals surface area (Å²) in [5, 5.41) is 14.9. The Morgan fingerprint density at radius 2 is 2.11 bits per heavy atom. The molecule has 2 aromatic rings. The Morgan fingerprint density at radius 3 is 2.72 bits per heavy atom. The zero-order valence-corrected chi connectivity index (χ0v) is 9.64. The van der Waals surface area contributed by atoms with Gasteiger partial charge in [0.05, 0.1) is 10.6 Å². The fourth-order valence-electron chi connectivity index (χ4n) is 1.29. The summed E-state index contributed by atoms with van der Waals surface area (Å²) in [5.41, 5.74) is 0.321. The molecule has 2 rings (SSSR count). The van der Waals surface area contributed by atoms with Gasteiger partial charge in [-0.2, -0.15) is 0 Å². The van der Waals surface area contributed by atoms with E-state index in [-0.39, 0.29) is 16.3 Å². The van der Waals surface area contributed by atoms with E-state index in [4.69, 9.17) is 16.7 Å². The fraction of sp³-hybridized carbons (Fsp3) is 0. The maximum Gasteiger partial charge on any atom is 0.337 e. The lowest BCUT2D eigenvalue weighted by atomic mass is 10.2. The Balaban J connectivity index is 2.22. The molecule has 6 nitrogen and oxygen atoms in total. The highest BCUT2D eigenvalue weighted by atomic mass is 35.5. The molecule has 0 atom stereocenters. The maximum atomic E-state index is 11.6. The number of carboxylic acid groups (broad SMARTS) is 1. The Hall–Kier alpha value is -2.34. The van der Waals surface area contributed by atoms with Gasteiger partial charge in [-0.05, 0) is 18.2 Å². The predicted octanol–water partition coefficient (Wildman–Crippen LogP) is 2.28. The maximum absolute atomic E-state index is 11.6. The van der Waals surface area contributed by atoms with Crippen LogP contribution >= 0.6 is 11.6 Å². The van der Waals surface area contributed by atoms with Crippen LogP contribution in [0.25, 0.3) is 0 Å². The molecule has 0 aliphatic carbocycles. The molecule has 1 aromatic carbocycles. The molecule has 92 valence electrons. The molecule has 1 aromatic heterocycles. The molecule has 0 aliphatic heterocycles. The van der Waals surface area contributed by atoms with Crippen LogP contribution < -0.4 is 5.32 Å². The van der Waals surface area contributed by atoms with Crippen LogP contribution in [0.5, 0.6) is 0 Å². The summed E-state index contributed by atoms with van der Waals surface area (Å²) in [4.78, 5) is 22.5. The minimum atomic E-state index is -1.17. The van der Waals surface area contributed by atoms with Gasteiger partial charge < -0.3 is 14.9 Å². The Labute approximate surface area is 106 Å². The molecule has 0 radical (unpaired) electrons. The van der Waals surface area contributed by atoms with Gasteiger partial charge in [-0.15, -0.1) is 0 Å². The van der Waals surface area contributed by atoms with Crippen molar-refractivity contribution in [2.75, 3.05) is 5.32 Å². The van der Waals surface area contributed by atoms with E-state index in [0.717, 1.165) is 0 Å². The van der Waals surface area contributed by atoms with E-state index in [1.165, 1.54) is 30.5 Å². The van der Waals surface area contributed by atoms with Crippen molar-refractivity contribution in [3.05, 3.63) is 46.8 Å². The van der Waals surface area contributed by atoms with Gasteiger partial charge in [-0.25, -0.2) is 4.79 Å². The van der Waals surface area contributed by atoms with Crippen LogP contribution in [0.4, 0.5) is 5.69 Å². The van der Waals surface area contributed by atoms with Crippen LogP contribution in [0, 0.1) is 0 Å². The van der Waals surface area contributed by atoms with Crippen molar-refractivity contribution in [2.45, 2.75) is 0 Å². The highest BCUT2D eigenvalue weighted by molar-refractivity contribution is 6.33. The third kappa shape index (κ3) is 2.49. The second-order valence-electron chi connectivity index (χ2n) is 3.34. The van der Waals surface area contributed by atoms with Gasteiger partial charge >= 0.3 is 5.97 Å². The predicted molar refractivity (Wildman–Crippen MR) is 62.9 cm³/mol. The van der Waals surface area contributed by atoms with E-state index >= 15 is 0 Å².